The first-order valence-electron chi connectivity index (χ1n) is 9.32. The summed E-state index contributed by atoms with van der Waals surface area (Å²) in [7, 11) is 0. The summed E-state index contributed by atoms with van der Waals surface area (Å²) < 4.78 is 0. The predicted octanol–water partition coefficient (Wildman–Crippen LogP) is 0.158. The molecule has 1 heterocycles. The first-order valence-corrected chi connectivity index (χ1v) is 9.32. The van der Waals surface area contributed by atoms with Gasteiger partial charge in [-0.3, -0.25) is 15.0 Å². The van der Waals surface area contributed by atoms with Crippen LogP contribution in [0.25, 0.3) is 0 Å². The van der Waals surface area contributed by atoms with Gasteiger partial charge in [-0.25, -0.2) is 0 Å². The van der Waals surface area contributed by atoms with E-state index in [0.717, 1.165) is 32.2 Å². The van der Waals surface area contributed by atoms with E-state index in [2.05, 4.69) is 16.0 Å². The van der Waals surface area contributed by atoms with Crippen molar-refractivity contribution in [1.82, 2.24) is 20.9 Å². The number of nitrogens with one attached hydrogen (secondary N) is 4. The van der Waals surface area contributed by atoms with Crippen LogP contribution in [0.3, 0.4) is 0 Å². The Morgan fingerprint density at radius 1 is 1.36 bits per heavy atom. The minimum absolute atomic E-state index is 0. The van der Waals surface area contributed by atoms with Gasteiger partial charge in [-0.2, -0.15) is 0 Å². The Kier molecular flexibility index (Phi) is 16.7. The van der Waals surface area contributed by atoms with Crippen LogP contribution in [0.15, 0.2) is 0 Å². The molecule has 0 saturated carbocycles. The number of nitrogens with two attached hydrogens (primary N) is 1. The van der Waals surface area contributed by atoms with Gasteiger partial charge >= 0.3 is 0 Å². The fourth-order valence-corrected chi connectivity index (χ4v) is 2.97. The second-order valence-corrected chi connectivity index (χ2v) is 6.56. The van der Waals surface area contributed by atoms with Crippen LogP contribution in [0.2, 0.25) is 0 Å². The van der Waals surface area contributed by atoms with Crippen LogP contribution < -0.4 is 21.7 Å². The number of halogens is 2. The lowest BCUT2D eigenvalue weighted by Crippen LogP contribution is -2.52. The van der Waals surface area contributed by atoms with E-state index in [1.807, 2.05) is 6.92 Å². The van der Waals surface area contributed by atoms with Crippen molar-refractivity contribution in [3.63, 3.8) is 0 Å². The van der Waals surface area contributed by atoms with Crippen molar-refractivity contribution < 1.29 is 14.4 Å². The molecule has 0 spiro atoms. The zero-order valence-electron chi connectivity index (χ0n) is 16.4. The summed E-state index contributed by atoms with van der Waals surface area (Å²) >= 11 is 0. The average Bonchev–Trinajstić information content (AvgIpc) is 2.63. The summed E-state index contributed by atoms with van der Waals surface area (Å²) in [4.78, 5) is 37.6. The lowest BCUT2D eigenvalue weighted by Gasteiger charge is -2.29. The molecule has 0 aromatic carbocycles. The van der Waals surface area contributed by atoms with Crippen molar-refractivity contribution in [2.75, 3.05) is 26.2 Å². The van der Waals surface area contributed by atoms with Crippen molar-refractivity contribution in [3.8, 4) is 0 Å². The maximum atomic E-state index is 12.6. The number of hydrogen-bond acceptors (Lipinski definition) is 5. The van der Waals surface area contributed by atoms with Crippen LogP contribution in [0.1, 0.15) is 45.4 Å². The van der Waals surface area contributed by atoms with Crippen molar-refractivity contribution in [2.45, 2.75) is 57.5 Å². The standard InChI is InChI=1S/C17H32N6O3.2ClH/c1-2-10-23(16(26)14-7-3-4-8-20-14)11-15(25)22-13(12-24)6-5-9-21-17(18)19;;/h12-14,20H,2-11H2,1H3,(H,22,25)(H4,18,19,21);2*1H/t13-,14+;;/m0../s1. The van der Waals surface area contributed by atoms with Crippen molar-refractivity contribution in [2.24, 2.45) is 5.73 Å². The van der Waals surface area contributed by atoms with Crippen LogP contribution in [-0.2, 0) is 14.4 Å². The quantitative estimate of drug-likeness (QED) is 0.134. The Labute approximate surface area is 179 Å². The molecule has 0 aromatic rings. The summed E-state index contributed by atoms with van der Waals surface area (Å²) in [5.74, 6) is -0.504. The number of hydrogen-bond donors (Lipinski definition) is 5. The van der Waals surface area contributed by atoms with Crippen LogP contribution in [0, 0.1) is 5.41 Å². The zero-order chi connectivity index (χ0) is 19.4. The fraction of sp³-hybridized carbons (Fsp3) is 0.765. The van der Waals surface area contributed by atoms with Gasteiger partial charge in [0.15, 0.2) is 5.96 Å². The monoisotopic (exact) mass is 440 g/mol. The zero-order valence-corrected chi connectivity index (χ0v) is 18.0. The Balaban J connectivity index is 0. The molecular weight excluding hydrogens is 407 g/mol. The molecule has 164 valence electrons. The highest BCUT2D eigenvalue weighted by molar-refractivity contribution is 5.88. The number of rotatable bonds is 11. The number of aldehydes is 1. The third kappa shape index (κ3) is 11.3. The lowest BCUT2D eigenvalue weighted by atomic mass is 10.0. The number of piperidine rings is 1. The van der Waals surface area contributed by atoms with E-state index in [0.29, 0.717) is 32.2 Å². The molecule has 0 aliphatic carbocycles. The van der Waals surface area contributed by atoms with Gasteiger partial charge in [-0.1, -0.05) is 13.3 Å². The van der Waals surface area contributed by atoms with E-state index in [1.54, 1.807) is 4.90 Å². The highest BCUT2D eigenvalue weighted by Crippen LogP contribution is 2.10. The molecule has 1 rings (SSSR count). The molecule has 1 saturated heterocycles. The Morgan fingerprint density at radius 2 is 2.07 bits per heavy atom. The van der Waals surface area contributed by atoms with Gasteiger partial charge in [0.25, 0.3) is 0 Å². The first-order chi connectivity index (χ1) is 12.5. The molecular formula is C17H34Cl2N6O3. The number of nitrogens with zero attached hydrogens (tertiary/aromatic N) is 1. The number of carbonyl (C=O) groups excluding carboxylic acids is 3. The lowest BCUT2D eigenvalue weighted by molar-refractivity contribution is -0.138. The summed E-state index contributed by atoms with van der Waals surface area (Å²) in [6, 6.07) is -0.828. The molecule has 1 aliphatic rings. The molecule has 0 unspecified atom stereocenters. The molecule has 9 nitrogen and oxygen atoms in total. The molecule has 0 radical (unpaired) electrons. The Morgan fingerprint density at radius 3 is 2.61 bits per heavy atom. The minimum Gasteiger partial charge on any atom is -0.370 e. The summed E-state index contributed by atoms with van der Waals surface area (Å²) in [5, 5.41) is 15.6. The molecule has 0 bridgehead atoms. The molecule has 2 atom stereocenters. The van der Waals surface area contributed by atoms with Gasteiger partial charge in [0.2, 0.25) is 11.8 Å². The summed E-state index contributed by atoms with van der Waals surface area (Å²) in [5.41, 5.74) is 5.19. The van der Waals surface area contributed by atoms with Crippen molar-refractivity contribution in [3.05, 3.63) is 0 Å². The van der Waals surface area contributed by atoms with Gasteiger partial charge in [0.1, 0.15) is 6.29 Å². The van der Waals surface area contributed by atoms with Gasteiger partial charge in [-0.05, 0) is 38.6 Å². The van der Waals surface area contributed by atoms with Gasteiger partial charge in [0, 0.05) is 13.1 Å². The highest BCUT2D eigenvalue weighted by atomic mass is 35.5. The van der Waals surface area contributed by atoms with Crippen LogP contribution >= 0.6 is 24.8 Å². The van der Waals surface area contributed by atoms with E-state index in [4.69, 9.17) is 11.1 Å². The summed E-state index contributed by atoms with van der Waals surface area (Å²) in [6.07, 6.45) is 5.36. The topological polar surface area (TPSA) is 140 Å². The van der Waals surface area contributed by atoms with Crippen molar-refractivity contribution in [1.29, 1.82) is 5.41 Å². The molecule has 28 heavy (non-hydrogen) atoms. The van der Waals surface area contributed by atoms with E-state index < -0.39 is 6.04 Å². The smallest absolute Gasteiger partial charge is 0.240 e. The Hall–Kier alpha value is -1.58. The average molecular weight is 441 g/mol. The van der Waals surface area contributed by atoms with Gasteiger partial charge in [0.05, 0.1) is 18.6 Å². The largest absolute Gasteiger partial charge is 0.370 e. The Bertz CT molecular complexity index is 490. The minimum atomic E-state index is -0.609. The molecule has 11 heteroatoms. The fourth-order valence-electron chi connectivity index (χ4n) is 2.97. The molecule has 1 aliphatic heterocycles. The van der Waals surface area contributed by atoms with Crippen LogP contribution in [0.5, 0.6) is 0 Å². The SMILES string of the molecule is CCCN(CC(=O)N[C@H](C=O)CCCNC(=N)N)C(=O)[C@H]1CCCCN1.Cl.Cl. The van der Waals surface area contributed by atoms with Gasteiger partial charge < -0.3 is 31.4 Å². The second-order valence-electron chi connectivity index (χ2n) is 6.56. The third-order valence-electron chi connectivity index (χ3n) is 4.27. The van der Waals surface area contributed by atoms with Crippen molar-refractivity contribution >= 4 is 48.9 Å². The van der Waals surface area contributed by atoms with Crippen LogP contribution in [0.4, 0.5) is 0 Å². The van der Waals surface area contributed by atoms with Gasteiger partial charge in [-0.15, -0.1) is 24.8 Å². The van der Waals surface area contributed by atoms with E-state index in [1.165, 1.54) is 0 Å². The van der Waals surface area contributed by atoms with E-state index in [-0.39, 0.29) is 55.2 Å². The third-order valence-corrected chi connectivity index (χ3v) is 4.27. The first kappa shape index (κ1) is 28.6. The predicted molar refractivity (Wildman–Crippen MR) is 114 cm³/mol. The maximum absolute atomic E-state index is 12.6. The van der Waals surface area contributed by atoms with E-state index in [9.17, 15) is 14.4 Å². The molecule has 0 aromatic heterocycles. The summed E-state index contributed by atoms with van der Waals surface area (Å²) in [6.45, 7) is 3.72. The molecule has 1 fully saturated rings. The highest BCUT2D eigenvalue weighted by Gasteiger charge is 2.27. The number of carbonyl (C=O) groups is 3. The molecule has 2 amide bonds. The van der Waals surface area contributed by atoms with Crippen LogP contribution in [-0.4, -0.2) is 67.2 Å². The normalized spacial score (nSPS) is 16.5. The maximum Gasteiger partial charge on any atom is 0.240 e. The number of guanidine groups is 1. The second kappa shape index (κ2) is 16.4. The van der Waals surface area contributed by atoms with E-state index >= 15 is 0 Å². The molecule has 6 N–H and O–H groups in total. The number of amides is 2.